The molecule has 0 saturated heterocycles. The smallest absolute Gasteiger partial charge is 0.319 e. The molecule has 2 aromatic heterocycles. The minimum Gasteiger partial charge on any atom is -0.464 e. The summed E-state index contributed by atoms with van der Waals surface area (Å²) in [6.45, 7) is 6.99. The van der Waals surface area contributed by atoms with E-state index < -0.39 is 11.4 Å². The first kappa shape index (κ1) is 27.2. The molecule has 10 nitrogen and oxygen atoms in total. The summed E-state index contributed by atoms with van der Waals surface area (Å²) in [5, 5.41) is 13.4. The second-order valence-electron chi connectivity index (χ2n) is 9.15. The fourth-order valence-electron chi connectivity index (χ4n) is 4.21. The van der Waals surface area contributed by atoms with Gasteiger partial charge in [-0.1, -0.05) is 30.3 Å². The van der Waals surface area contributed by atoms with Crippen LogP contribution in [0.3, 0.4) is 0 Å². The van der Waals surface area contributed by atoms with Crippen LogP contribution < -0.4 is 15.4 Å². The van der Waals surface area contributed by atoms with E-state index in [1.54, 1.807) is 11.8 Å². The zero-order valence-corrected chi connectivity index (χ0v) is 22.1. The van der Waals surface area contributed by atoms with E-state index in [0.717, 1.165) is 23.0 Å². The lowest BCUT2D eigenvalue weighted by molar-refractivity contribution is 0.138. The molecular formula is C24H33FN8O2S. The molecule has 3 heterocycles. The highest BCUT2D eigenvalue weighted by Gasteiger charge is 2.44. The third-order valence-corrected chi connectivity index (χ3v) is 5.99. The first-order valence-corrected chi connectivity index (χ1v) is 11.5. The molecule has 0 bridgehead atoms. The monoisotopic (exact) mass is 516 g/mol. The summed E-state index contributed by atoms with van der Waals surface area (Å²) in [5.41, 5.74) is 1.91. The molecule has 3 N–H and O–H groups in total. The van der Waals surface area contributed by atoms with Gasteiger partial charge in [0.1, 0.15) is 0 Å². The number of nitrogens with zero attached hydrogens (tertiary/aromatic N) is 5. The van der Waals surface area contributed by atoms with E-state index in [2.05, 4.69) is 30.8 Å². The quantitative estimate of drug-likeness (QED) is 0.419. The number of anilines is 2. The Morgan fingerprint density at radius 2 is 2.00 bits per heavy atom. The number of H-pyrrole nitrogens is 1. The molecule has 2 amide bonds. The molecule has 194 valence electrons. The van der Waals surface area contributed by atoms with Crippen molar-refractivity contribution in [1.82, 2.24) is 35.3 Å². The van der Waals surface area contributed by atoms with Gasteiger partial charge in [0, 0.05) is 12.1 Å². The number of rotatable bonds is 8. The van der Waals surface area contributed by atoms with Gasteiger partial charge in [-0.2, -0.15) is 23.6 Å². The Morgan fingerprint density at radius 1 is 1.28 bits per heavy atom. The highest BCUT2D eigenvalue weighted by molar-refractivity contribution is 7.59. The van der Waals surface area contributed by atoms with Crippen LogP contribution in [-0.2, 0) is 12.1 Å². The van der Waals surface area contributed by atoms with E-state index in [9.17, 15) is 9.18 Å². The number of ether oxygens (including phenoxy) is 1. The number of halogens is 1. The van der Waals surface area contributed by atoms with Gasteiger partial charge in [0.15, 0.2) is 17.5 Å². The number of amides is 2. The Bertz CT molecular complexity index is 1190. The maximum atomic E-state index is 14.4. The van der Waals surface area contributed by atoms with Crippen molar-refractivity contribution in [3.8, 4) is 6.01 Å². The number of benzene rings is 1. The molecule has 3 aromatic rings. The number of carbonyl (C=O) groups excluding carboxylic acids is 1. The van der Waals surface area contributed by atoms with Crippen molar-refractivity contribution in [3.05, 3.63) is 59.2 Å². The number of aromatic amines is 1. The third-order valence-electron chi connectivity index (χ3n) is 5.99. The minimum absolute atomic E-state index is 0. The molecule has 4 rings (SSSR count). The molecular weight excluding hydrogens is 483 g/mol. The Labute approximate surface area is 217 Å². The van der Waals surface area contributed by atoms with Crippen LogP contribution in [0.5, 0.6) is 6.01 Å². The van der Waals surface area contributed by atoms with Crippen LogP contribution in [0.25, 0.3) is 0 Å². The largest absolute Gasteiger partial charge is 0.464 e. The Hall–Kier alpha value is -3.38. The second kappa shape index (κ2) is 11.1. The van der Waals surface area contributed by atoms with Gasteiger partial charge in [0.25, 0.3) is 0 Å². The number of aromatic nitrogens is 4. The van der Waals surface area contributed by atoms with E-state index in [-0.39, 0.29) is 37.4 Å². The predicted octanol–water partition coefficient (Wildman–Crippen LogP) is 3.66. The summed E-state index contributed by atoms with van der Waals surface area (Å²) in [5.74, 6) is -0.281. The van der Waals surface area contributed by atoms with Crippen molar-refractivity contribution in [3.63, 3.8) is 0 Å². The van der Waals surface area contributed by atoms with Gasteiger partial charge in [-0.05, 0) is 40.4 Å². The number of fused-ring (bicyclic) bond motifs is 1. The highest BCUT2D eigenvalue weighted by Crippen LogP contribution is 2.41. The van der Waals surface area contributed by atoms with E-state index in [4.69, 9.17) is 4.74 Å². The third kappa shape index (κ3) is 5.54. The lowest BCUT2D eigenvalue weighted by Crippen LogP contribution is -2.48. The molecule has 0 unspecified atom stereocenters. The van der Waals surface area contributed by atoms with Gasteiger partial charge >= 0.3 is 12.0 Å². The van der Waals surface area contributed by atoms with E-state index >= 15 is 0 Å². The van der Waals surface area contributed by atoms with E-state index in [1.165, 1.54) is 0 Å². The molecule has 1 atom stereocenters. The standard InChI is InChI=1S/C24H31FN8O2.H2S/c1-6-35-22-26-12-17(25)21(29-22)28-20-16-13-33(24(2,3)19(16)30-31-20)23(34)27-18(14-32(4)5)15-10-8-7-9-11-15;/h7-12,18H,6,13-14H2,1-5H3,(H,27,34)(H2,26,28,29,30,31);1H2/t18-;/m1./s1. The zero-order chi connectivity index (χ0) is 25.2. The lowest BCUT2D eigenvalue weighted by Gasteiger charge is -2.34. The summed E-state index contributed by atoms with van der Waals surface area (Å²) >= 11 is 0. The maximum Gasteiger partial charge on any atom is 0.319 e. The zero-order valence-electron chi connectivity index (χ0n) is 21.1. The van der Waals surface area contributed by atoms with Crippen LogP contribution >= 0.6 is 13.5 Å². The van der Waals surface area contributed by atoms with Crippen LogP contribution in [0.15, 0.2) is 36.5 Å². The number of nitrogens with one attached hydrogen (secondary N) is 3. The maximum absolute atomic E-state index is 14.4. The van der Waals surface area contributed by atoms with Crippen molar-refractivity contribution >= 4 is 31.2 Å². The average molecular weight is 517 g/mol. The number of hydrogen-bond donors (Lipinski definition) is 3. The molecule has 0 saturated carbocycles. The van der Waals surface area contributed by atoms with Crippen LogP contribution in [0.2, 0.25) is 0 Å². The van der Waals surface area contributed by atoms with Gasteiger partial charge < -0.3 is 25.2 Å². The van der Waals surface area contributed by atoms with Crippen molar-refractivity contribution in [2.75, 3.05) is 32.6 Å². The van der Waals surface area contributed by atoms with Crippen LogP contribution in [0.4, 0.5) is 20.8 Å². The van der Waals surface area contributed by atoms with Crippen LogP contribution in [-0.4, -0.2) is 63.2 Å². The normalized spacial score (nSPS) is 14.7. The number of likely N-dealkylation sites (N-methyl/N-ethyl adjacent to an activating group) is 1. The molecule has 0 spiro atoms. The Balaban J connectivity index is 0.00000361. The fraction of sp³-hybridized carbons (Fsp3) is 0.417. The number of carbonyl (C=O) groups is 1. The number of urea groups is 1. The molecule has 1 aliphatic rings. The molecule has 1 aromatic carbocycles. The van der Waals surface area contributed by atoms with E-state index in [1.807, 2.05) is 63.2 Å². The second-order valence-corrected chi connectivity index (χ2v) is 9.15. The van der Waals surface area contributed by atoms with Crippen molar-refractivity contribution in [1.29, 1.82) is 0 Å². The first-order chi connectivity index (χ1) is 16.7. The summed E-state index contributed by atoms with van der Waals surface area (Å²) in [7, 11) is 3.94. The number of hydrogen-bond acceptors (Lipinski definition) is 7. The van der Waals surface area contributed by atoms with Gasteiger partial charge in [0.2, 0.25) is 0 Å². The molecule has 0 aliphatic carbocycles. The lowest BCUT2D eigenvalue weighted by atomic mass is 10.0. The van der Waals surface area contributed by atoms with Crippen molar-refractivity contribution in [2.24, 2.45) is 0 Å². The summed E-state index contributed by atoms with van der Waals surface area (Å²) < 4.78 is 19.6. The van der Waals surface area contributed by atoms with Crippen molar-refractivity contribution in [2.45, 2.75) is 38.9 Å². The predicted molar refractivity (Wildman–Crippen MR) is 140 cm³/mol. The van der Waals surface area contributed by atoms with Crippen LogP contribution in [0, 0.1) is 5.82 Å². The summed E-state index contributed by atoms with van der Waals surface area (Å²) in [6.07, 6.45) is 1.05. The summed E-state index contributed by atoms with van der Waals surface area (Å²) in [4.78, 5) is 25.2. The van der Waals surface area contributed by atoms with Gasteiger partial charge in [-0.15, -0.1) is 0 Å². The van der Waals surface area contributed by atoms with Crippen LogP contribution in [0.1, 0.15) is 43.6 Å². The molecule has 0 fully saturated rings. The van der Waals surface area contributed by atoms with Gasteiger partial charge in [-0.3, -0.25) is 5.10 Å². The van der Waals surface area contributed by atoms with Crippen molar-refractivity contribution < 1.29 is 13.9 Å². The van der Waals surface area contributed by atoms with Gasteiger partial charge in [0.05, 0.1) is 36.6 Å². The topological polar surface area (TPSA) is 111 Å². The first-order valence-electron chi connectivity index (χ1n) is 11.5. The molecule has 12 heteroatoms. The Morgan fingerprint density at radius 3 is 2.67 bits per heavy atom. The molecule has 0 radical (unpaired) electrons. The minimum atomic E-state index is -0.660. The SMILES string of the molecule is CCOc1ncc(F)c(Nc2n[nH]c3c2CN(C(=O)N[C@H](CN(C)C)c2ccccc2)C3(C)C)n1.S. The van der Waals surface area contributed by atoms with Gasteiger partial charge in [-0.25, -0.2) is 14.2 Å². The Kier molecular flexibility index (Phi) is 8.41. The average Bonchev–Trinajstić information content (AvgIpc) is 3.34. The highest BCUT2D eigenvalue weighted by atomic mass is 32.1. The molecule has 36 heavy (non-hydrogen) atoms. The molecule has 1 aliphatic heterocycles. The summed E-state index contributed by atoms with van der Waals surface area (Å²) in [6, 6.07) is 9.56. The van der Waals surface area contributed by atoms with E-state index in [0.29, 0.717) is 25.5 Å². The fourth-order valence-corrected chi connectivity index (χ4v) is 4.21.